The van der Waals surface area contributed by atoms with E-state index in [2.05, 4.69) is 9.55 Å². The zero-order chi connectivity index (χ0) is 22.2. The van der Waals surface area contributed by atoms with Gasteiger partial charge in [-0.1, -0.05) is 6.07 Å². The number of benzene rings is 2. The van der Waals surface area contributed by atoms with Crippen LogP contribution in [0.15, 0.2) is 48.0 Å². The van der Waals surface area contributed by atoms with Crippen molar-refractivity contribution in [2.45, 2.75) is 20.4 Å². The van der Waals surface area contributed by atoms with Gasteiger partial charge in [0.05, 0.1) is 21.3 Å². The number of aromatic nitrogens is 2. The van der Waals surface area contributed by atoms with Gasteiger partial charge in [0, 0.05) is 23.5 Å². The molecule has 0 aliphatic carbocycles. The Balaban J connectivity index is 1.28. The number of aryl methyl sites for hydroxylation is 1. The van der Waals surface area contributed by atoms with Crippen LogP contribution in [0.25, 0.3) is 10.2 Å². The minimum absolute atomic E-state index is 0.232. The fourth-order valence-corrected chi connectivity index (χ4v) is 4.54. The summed E-state index contributed by atoms with van der Waals surface area (Å²) in [5.74, 6) is 0.705. The third kappa shape index (κ3) is 3.73. The van der Waals surface area contributed by atoms with Gasteiger partial charge < -0.3 is 18.8 Å². The highest BCUT2D eigenvalue weighted by molar-refractivity contribution is 7.16. The molecule has 1 aliphatic heterocycles. The Kier molecular flexibility index (Phi) is 5.14. The van der Waals surface area contributed by atoms with Crippen molar-refractivity contribution in [1.82, 2.24) is 9.55 Å². The van der Waals surface area contributed by atoms with Gasteiger partial charge in [0.25, 0.3) is 0 Å². The molecule has 32 heavy (non-hydrogen) atoms. The lowest BCUT2D eigenvalue weighted by atomic mass is 10.1. The number of ketones is 1. The molecule has 0 radical (unpaired) electrons. The summed E-state index contributed by atoms with van der Waals surface area (Å²) in [6.45, 7) is 4.36. The van der Waals surface area contributed by atoms with E-state index < -0.39 is 5.97 Å². The number of esters is 1. The molecule has 0 bridgehead atoms. The van der Waals surface area contributed by atoms with E-state index in [9.17, 15) is 9.59 Å². The molecule has 0 fully saturated rings. The fourth-order valence-electron chi connectivity index (χ4n) is 3.82. The molecule has 0 saturated heterocycles. The summed E-state index contributed by atoms with van der Waals surface area (Å²) in [6.07, 6.45) is 0. The Bertz CT molecular complexity index is 1350. The van der Waals surface area contributed by atoms with Crippen molar-refractivity contribution in [3.05, 3.63) is 76.1 Å². The van der Waals surface area contributed by atoms with Crippen molar-refractivity contribution in [3.8, 4) is 11.5 Å². The van der Waals surface area contributed by atoms with Crippen molar-refractivity contribution in [2.24, 2.45) is 0 Å². The monoisotopic (exact) mass is 448 g/mol. The maximum Gasteiger partial charge on any atom is 0.338 e. The van der Waals surface area contributed by atoms with Crippen molar-refractivity contribution < 1.29 is 23.8 Å². The molecule has 0 N–H and O–H groups in total. The van der Waals surface area contributed by atoms with Gasteiger partial charge in [0.2, 0.25) is 12.6 Å². The molecule has 2 aromatic heterocycles. The molecule has 0 spiro atoms. The number of thiazole rings is 1. The smallest absolute Gasteiger partial charge is 0.338 e. The second-order valence-electron chi connectivity index (χ2n) is 7.59. The van der Waals surface area contributed by atoms with Crippen LogP contribution >= 0.6 is 11.3 Å². The number of nitrogens with zero attached hydrogens (tertiary/aromatic N) is 2. The Labute approximate surface area is 188 Å². The highest BCUT2D eigenvalue weighted by Crippen LogP contribution is 2.33. The number of Topliss-reactive ketones (excluding diaryl/α,β-unsaturated/α-hetero) is 1. The van der Waals surface area contributed by atoms with E-state index >= 15 is 0 Å². The van der Waals surface area contributed by atoms with Crippen molar-refractivity contribution in [1.29, 1.82) is 0 Å². The molecule has 162 valence electrons. The van der Waals surface area contributed by atoms with Gasteiger partial charge in [0.1, 0.15) is 0 Å². The van der Waals surface area contributed by atoms with Crippen LogP contribution in [-0.2, 0) is 11.3 Å². The van der Waals surface area contributed by atoms with Gasteiger partial charge in [-0.3, -0.25) is 4.79 Å². The van der Waals surface area contributed by atoms with Gasteiger partial charge in [-0.2, -0.15) is 0 Å². The molecule has 0 amide bonds. The molecular weight excluding hydrogens is 428 g/mol. The van der Waals surface area contributed by atoms with Crippen molar-refractivity contribution in [2.75, 3.05) is 13.4 Å². The fraction of sp³-hybridized carbons (Fsp3) is 0.208. The third-order valence-electron chi connectivity index (χ3n) is 5.55. The van der Waals surface area contributed by atoms with Crippen LogP contribution in [0.2, 0.25) is 0 Å². The summed E-state index contributed by atoms with van der Waals surface area (Å²) in [7, 11) is 0. The summed E-state index contributed by atoms with van der Waals surface area (Å²) in [6, 6.07) is 12.8. The second kappa shape index (κ2) is 8.12. The molecule has 8 heteroatoms. The number of ether oxygens (including phenoxy) is 3. The van der Waals surface area contributed by atoms with E-state index in [4.69, 9.17) is 14.2 Å². The first-order chi connectivity index (χ1) is 15.5. The topological polar surface area (TPSA) is 79.7 Å². The summed E-state index contributed by atoms with van der Waals surface area (Å²) >= 11 is 1.45. The molecule has 5 rings (SSSR count). The van der Waals surface area contributed by atoms with Crippen LogP contribution < -0.4 is 9.47 Å². The van der Waals surface area contributed by atoms with Crippen molar-refractivity contribution >= 4 is 33.3 Å². The predicted octanol–water partition coefficient (Wildman–Crippen LogP) is 4.53. The summed E-state index contributed by atoms with van der Waals surface area (Å²) in [5, 5.41) is 0. The zero-order valence-electron chi connectivity index (χ0n) is 17.6. The standard InChI is InChI=1S/C24H20N2O5S/c1-14-7-18(15(2)26(14)10-16-3-6-21-22(8-16)31-13-30-21)20(27)11-29-24(28)17-4-5-19-23(9-17)32-12-25-19/h3-9,12H,10-11,13H2,1-2H3. The molecule has 3 heterocycles. The first-order valence-electron chi connectivity index (χ1n) is 10.1. The van der Waals surface area contributed by atoms with Crippen LogP contribution in [-0.4, -0.2) is 34.7 Å². The summed E-state index contributed by atoms with van der Waals surface area (Å²) < 4.78 is 19.1. The van der Waals surface area contributed by atoms with Crippen LogP contribution in [0.1, 0.15) is 37.7 Å². The second-order valence-corrected chi connectivity index (χ2v) is 8.48. The lowest BCUT2D eigenvalue weighted by molar-refractivity contribution is 0.0474. The molecule has 4 aromatic rings. The predicted molar refractivity (Wildman–Crippen MR) is 120 cm³/mol. The van der Waals surface area contributed by atoms with Gasteiger partial charge in [0.15, 0.2) is 18.1 Å². The normalized spacial score (nSPS) is 12.3. The summed E-state index contributed by atoms with van der Waals surface area (Å²) in [4.78, 5) is 29.4. The molecule has 1 aliphatic rings. The largest absolute Gasteiger partial charge is 0.454 e. The lowest BCUT2D eigenvalue weighted by Gasteiger charge is -2.11. The van der Waals surface area contributed by atoms with E-state index in [1.54, 1.807) is 23.7 Å². The quantitative estimate of drug-likeness (QED) is 0.318. The molecule has 2 aromatic carbocycles. The SMILES string of the molecule is Cc1cc(C(=O)COC(=O)c2ccc3ncsc3c2)c(C)n1Cc1ccc2c(c1)OCO2. The van der Waals surface area contributed by atoms with Crippen LogP contribution in [0.5, 0.6) is 11.5 Å². The molecule has 7 nitrogen and oxygen atoms in total. The molecule has 0 saturated carbocycles. The molecule has 0 unspecified atom stereocenters. The minimum Gasteiger partial charge on any atom is -0.454 e. The average Bonchev–Trinajstić information content (AvgIpc) is 3.52. The first kappa shape index (κ1) is 20.3. The van der Waals surface area contributed by atoms with E-state index in [0.29, 0.717) is 17.7 Å². The van der Waals surface area contributed by atoms with Crippen LogP contribution in [0.3, 0.4) is 0 Å². The highest BCUT2D eigenvalue weighted by atomic mass is 32.1. The number of fused-ring (bicyclic) bond motifs is 2. The van der Waals surface area contributed by atoms with E-state index in [-0.39, 0.29) is 19.2 Å². The molecular formula is C24H20N2O5S. The number of carbonyl (C=O) groups is 2. The number of carbonyl (C=O) groups excluding carboxylic acids is 2. The Morgan fingerprint density at radius 2 is 1.94 bits per heavy atom. The number of hydrogen-bond acceptors (Lipinski definition) is 7. The van der Waals surface area contributed by atoms with E-state index in [1.165, 1.54) is 11.3 Å². The number of hydrogen-bond donors (Lipinski definition) is 0. The van der Waals surface area contributed by atoms with Crippen LogP contribution in [0, 0.1) is 13.8 Å². The van der Waals surface area contributed by atoms with E-state index in [1.807, 2.05) is 38.1 Å². The van der Waals surface area contributed by atoms with Gasteiger partial charge in [-0.25, -0.2) is 9.78 Å². The average molecular weight is 449 g/mol. The Morgan fingerprint density at radius 1 is 1.09 bits per heavy atom. The minimum atomic E-state index is -0.525. The molecule has 0 atom stereocenters. The maximum absolute atomic E-state index is 12.8. The first-order valence-corrected chi connectivity index (χ1v) is 11.0. The highest BCUT2D eigenvalue weighted by Gasteiger charge is 2.19. The van der Waals surface area contributed by atoms with Gasteiger partial charge >= 0.3 is 5.97 Å². The van der Waals surface area contributed by atoms with Crippen LogP contribution in [0.4, 0.5) is 0 Å². The van der Waals surface area contributed by atoms with Gasteiger partial charge in [-0.15, -0.1) is 11.3 Å². The Morgan fingerprint density at radius 3 is 2.81 bits per heavy atom. The number of rotatable bonds is 6. The maximum atomic E-state index is 12.8. The summed E-state index contributed by atoms with van der Waals surface area (Å²) in [5.41, 5.74) is 6.33. The Hall–Kier alpha value is -3.65. The zero-order valence-corrected chi connectivity index (χ0v) is 18.4. The van der Waals surface area contributed by atoms with Crippen molar-refractivity contribution in [3.63, 3.8) is 0 Å². The van der Waals surface area contributed by atoms with E-state index in [0.717, 1.165) is 38.7 Å². The third-order valence-corrected chi connectivity index (χ3v) is 6.34. The van der Waals surface area contributed by atoms with Gasteiger partial charge in [-0.05, 0) is 55.8 Å². The lowest BCUT2D eigenvalue weighted by Crippen LogP contribution is -2.15.